The molecule has 1 spiro atoms. The first-order chi connectivity index (χ1) is 9.97. The van der Waals surface area contributed by atoms with Crippen molar-refractivity contribution in [2.45, 2.75) is 50.7 Å². The zero-order valence-electron chi connectivity index (χ0n) is 13.2. The van der Waals surface area contributed by atoms with Crippen LogP contribution in [0.5, 0.6) is 0 Å². The van der Waals surface area contributed by atoms with Gasteiger partial charge in [0.15, 0.2) is 0 Å². The van der Waals surface area contributed by atoms with Gasteiger partial charge >= 0.3 is 6.03 Å². The summed E-state index contributed by atoms with van der Waals surface area (Å²) >= 11 is 2.02. The molecule has 3 aliphatic heterocycles. The van der Waals surface area contributed by atoms with Crippen LogP contribution in [0.3, 0.4) is 0 Å². The van der Waals surface area contributed by atoms with Crippen LogP contribution in [0.15, 0.2) is 0 Å². The van der Waals surface area contributed by atoms with Gasteiger partial charge in [-0.25, -0.2) is 4.79 Å². The van der Waals surface area contributed by atoms with E-state index in [0.717, 1.165) is 25.9 Å². The second-order valence-corrected chi connectivity index (χ2v) is 7.85. The Hall–Kier alpha value is -0.750. The minimum atomic E-state index is -0.580. The third kappa shape index (κ3) is 2.27. The van der Waals surface area contributed by atoms with Crippen molar-refractivity contribution in [3.8, 4) is 0 Å². The van der Waals surface area contributed by atoms with Crippen molar-refractivity contribution in [1.29, 1.82) is 0 Å². The highest BCUT2D eigenvalue weighted by Crippen LogP contribution is 2.38. The third-order valence-corrected chi connectivity index (χ3v) is 6.46. The first kappa shape index (κ1) is 15.2. The second-order valence-electron chi connectivity index (χ2n) is 6.70. The quantitative estimate of drug-likeness (QED) is 0.727. The maximum Gasteiger partial charge on any atom is 0.327 e. The van der Waals surface area contributed by atoms with Crippen LogP contribution >= 0.6 is 11.8 Å². The number of nitrogens with zero attached hydrogens (tertiary/aromatic N) is 3. The molecule has 0 aliphatic carbocycles. The molecule has 3 aliphatic rings. The molecule has 118 valence electrons. The number of carbonyl (C=O) groups is 2. The van der Waals surface area contributed by atoms with E-state index in [-0.39, 0.29) is 18.0 Å². The van der Waals surface area contributed by atoms with E-state index < -0.39 is 5.54 Å². The van der Waals surface area contributed by atoms with E-state index in [9.17, 15) is 9.59 Å². The van der Waals surface area contributed by atoms with E-state index >= 15 is 0 Å². The number of hydrogen-bond acceptors (Lipinski definition) is 4. The Kier molecular flexibility index (Phi) is 3.94. The van der Waals surface area contributed by atoms with Gasteiger partial charge in [0, 0.05) is 38.0 Å². The standard InChI is InChI=1S/C15H25N3O2S/c1-11(2)18-13(19)15(16(3)14(18)20)5-7-17(8-6-15)12-4-9-21-10-12/h11-12H,4-10H2,1-3H3. The van der Waals surface area contributed by atoms with Crippen molar-refractivity contribution in [3.05, 3.63) is 0 Å². The summed E-state index contributed by atoms with van der Waals surface area (Å²) in [6.45, 7) is 5.68. The van der Waals surface area contributed by atoms with Gasteiger partial charge in [0.05, 0.1) is 0 Å². The summed E-state index contributed by atoms with van der Waals surface area (Å²) in [5.74, 6) is 2.49. The van der Waals surface area contributed by atoms with E-state index in [1.807, 2.05) is 25.6 Å². The highest BCUT2D eigenvalue weighted by Gasteiger charge is 2.57. The SMILES string of the molecule is CC(C)N1C(=O)N(C)C2(CCN(C3CCSC3)CC2)C1=O. The van der Waals surface area contributed by atoms with Gasteiger partial charge in [-0.1, -0.05) is 0 Å². The number of likely N-dealkylation sites (N-methyl/N-ethyl adjacent to an activating group) is 1. The van der Waals surface area contributed by atoms with Gasteiger partial charge in [0.1, 0.15) is 5.54 Å². The van der Waals surface area contributed by atoms with Crippen molar-refractivity contribution in [2.75, 3.05) is 31.6 Å². The van der Waals surface area contributed by atoms with Crippen molar-refractivity contribution in [2.24, 2.45) is 0 Å². The molecule has 0 aromatic carbocycles. The topological polar surface area (TPSA) is 43.9 Å². The summed E-state index contributed by atoms with van der Waals surface area (Å²) in [7, 11) is 1.80. The predicted molar refractivity (Wildman–Crippen MR) is 84.4 cm³/mol. The molecule has 3 rings (SSSR count). The van der Waals surface area contributed by atoms with Crippen LogP contribution in [-0.2, 0) is 4.79 Å². The Morgan fingerprint density at radius 2 is 1.90 bits per heavy atom. The number of hydrogen-bond donors (Lipinski definition) is 0. The van der Waals surface area contributed by atoms with Crippen molar-refractivity contribution in [1.82, 2.24) is 14.7 Å². The fourth-order valence-electron chi connectivity index (χ4n) is 3.87. The number of imide groups is 1. The molecule has 1 atom stereocenters. The highest BCUT2D eigenvalue weighted by molar-refractivity contribution is 7.99. The lowest BCUT2D eigenvalue weighted by atomic mass is 9.85. The van der Waals surface area contributed by atoms with Crippen molar-refractivity contribution >= 4 is 23.7 Å². The molecule has 5 nitrogen and oxygen atoms in total. The normalized spacial score (nSPS) is 30.2. The minimum Gasteiger partial charge on any atom is -0.312 e. The summed E-state index contributed by atoms with van der Waals surface area (Å²) in [6, 6.07) is 0.488. The second kappa shape index (κ2) is 5.47. The molecule has 0 aromatic heterocycles. The minimum absolute atomic E-state index is 0.0189. The number of thioether (sulfide) groups is 1. The predicted octanol–water partition coefficient (Wildman–Crippen LogP) is 1.63. The third-order valence-electron chi connectivity index (χ3n) is 5.32. The maximum absolute atomic E-state index is 12.8. The van der Waals surface area contributed by atoms with Crippen LogP contribution in [0.25, 0.3) is 0 Å². The van der Waals surface area contributed by atoms with Crippen LogP contribution in [0, 0.1) is 0 Å². The smallest absolute Gasteiger partial charge is 0.312 e. The van der Waals surface area contributed by atoms with Gasteiger partial charge in [-0.05, 0) is 38.9 Å². The van der Waals surface area contributed by atoms with Crippen LogP contribution in [-0.4, -0.2) is 75.9 Å². The Morgan fingerprint density at radius 1 is 1.24 bits per heavy atom. The first-order valence-corrected chi connectivity index (χ1v) is 9.06. The van der Waals surface area contributed by atoms with E-state index in [1.165, 1.54) is 22.8 Å². The molecule has 21 heavy (non-hydrogen) atoms. The Labute approximate surface area is 131 Å². The Balaban J connectivity index is 1.74. The molecular weight excluding hydrogens is 286 g/mol. The van der Waals surface area contributed by atoms with E-state index in [2.05, 4.69) is 4.90 Å². The summed E-state index contributed by atoms with van der Waals surface area (Å²) in [5.41, 5.74) is -0.580. The molecule has 6 heteroatoms. The molecule has 1 unspecified atom stereocenters. The number of urea groups is 1. The van der Waals surface area contributed by atoms with Crippen LogP contribution < -0.4 is 0 Å². The van der Waals surface area contributed by atoms with Crippen LogP contribution in [0.4, 0.5) is 4.79 Å². The zero-order chi connectivity index (χ0) is 15.2. The van der Waals surface area contributed by atoms with Crippen LogP contribution in [0.1, 0.15) is 33.1 Å². The Bertz CT molecular complexity index is 440. The molecule has 3 heterocycles. The van der Waals surface area contributed by atoms with Gasteiger partial charge < -0.3 is 4.90 Å². The average molecular weight is 311 g/mol. The molecular formula is C15H25N3O2S. The molecule has 0 saturated carbocycles. The first-order valence-electron chi connectivity index (χ1n) is 7.90. The average Bonchev–Trinajstić information content (AvgIpc) is 3.04. The zero-order valence-corrected chi connectivity index (χ0v) is 14.0. The summed E-state index contributed by atoms with van der Waals surface area (Å²) in [5, 5.41) is 0. The molecule has 0 bridgehead atoms. The van der Waals surface area contributed by atoms with Crippen molar-refractivity contribution < 1.29 is 9.59 Å². The molecule has 0 aromatic rings. The van der Waals surface area contributed by atoms with Gasteiger partial charge in [0.25, 0.3) is 5.91 Å². The van der Waals surface area contributed by atoms with Gasteiger partial charge in [-0.3, -0.25) is 14.6 Å². The Morgan fingerprint density at radius 3 is 2.38 bits per heavy atom. The monoisotopic (exact) mass is 311 g/mol. The van der Waals surface area contributed by atoms with Crippen LogP contribution in [0.2, 0.25) is 0 Å². The largest absolute Gasteiger partial charge is 0.327 e. The summed E-state index contributed by atoms with van der Waals surface area (Å²) in [6.07, 6.45) is 2.81. The summed E-state index contributed by atoms with van der Waals surface area (Å²) in [4.78, 5) is 30.9. The lowest BCUT2D eigenvalue weighted by Gasteiger charge is -2.42. The molecule has 3 amide bonds. The number of likely N-dealkylation sites (tertiary alicyclic amines) is 1. The molecule has 0 radical (unpaired) electrons. The number of rotatable bonds is 2. The van der Waals surface area contributed by atoms with Crippen molar-refractivity contribution in [3.63, 3.8) is 0 Å². The van der Waals surface area contributed by atoms with Gasteiger partial charge in [0.2, 0.25) is 0 Å². The highest BCUT2D eigenvalue weighted by atomic mass is 32.2. The lowest BCUT2D eigenvalue weighted by Crippen LogP contribution is -2.57. The molecule has 0 N–H and O–H groups in total. The number of carbonyl (C=O) groups excluding carboxylic acids is 2. The molecule has 3 saturated heterocycles. The number of piperidine rings is 1. The number of amides is 3. The van der Waals surface area contributed by atoms with Gasteiger partial charge in [-0.15, -0.1) is 0 Å². The summed E-state index contributed by atoms with van der Waals surface area (Å²) < 4.78 is 0. The maximum atomic E-state index is 12.8. The van der Waals surface area contributed by atoms with E-state index in [4.69, 9.17) is 0 Å². The molecule has 3 fully saturated rings. The lowest BCUT2D eigenvalue weighted by molar-refractivity contribution is -0.136. The fraction of sp³-hybridized carbons (Fsp3) is 0.867. The van der Waals surface area contributed by atoms with E-state index in [0.29, 0.717) is 6.04 Å². The van der Waals surface area contributed by atoms with E-state index in [1.54, 1.807) is 11.9 Å². The van der Waals surface area contributed by atoms with Gasteiger partial charge in [-0.2, -0.15) is 11.8 Å². The fourth-order valence-corrected chi connectivity index (χ4v) is 5.13.